The number of amides is 2. The Bertz CT molecular complexity index is 595. The van der Waals surface area contributed by atoms with Crippen LogP contribution in [-0.2, 0) is 28.8 Å². The molecule has 29 heavy (non-hydrogen) atoms. The first-order valence-electron chi connectivity index (χ1n) is 9.25. The average molecular weight is 416 g/mol. The number of hydrogen-bond donors (Lipinski definition) is 2. The normalized spacial score (nSPS) is 14.3. The third-order valence-corrected chi connectivity index (χ3v) is 4.29. The summed E-state index contributed by atoms with van der Waals surface area (Å²) in [6.07, 6.45) is 0.0718. The number of carbonyl (C=O) groups excluding carboxylic acids is 3. The maximum Gasteiger partial charge on any atom is 0.347 e. The summed E-state index contributed by atoms with van der Waals surface area (Å²) >= 11 is 0. The van der Waals surface area contributed by atoms with E-state index < -0.39 is 29.7 Å². The molecule has 1 heterocycles. The van der Waals surface area contributed by atoms with E-state index in [1.54, 1.807) is 11.9 Å². The van der Waals surface area contributed by atoms with Gasteiger partial charge in [-0.15, -0.1) is 5.06 Å². The largest absolute Gasteiger partial charge is 0.480 e. The molecule has 12 nitrogen and oxygen atoms in total. The fourth-order valence-electron chi connectivity index (χ4n) is 2.71. The molecule has 0 spiro atoms. The highest BCUT2D eigenvalue weighted by atomic mass is 16.7. The lowest BCUT2D eigenvalue weighted by Gasteiger charge is -2.26. The van der Waals surface area contributed by atoms with Crippen molar-refractivity contribution >= 4 is 29.7 Å². The van der Waals surface area contributed by atoms with Crippen LogP contribution in [0.2, 0.25) is 0 Å². The van der Waals surface area contributed by atoms with Crippen LogP contribution in [0.25, 0.3) is 0 Å². The van der Waals surface area contributed by atoms with Crippen LogP contribution in [0.3, 0.4) is 0 Å². The molecule has 1 fully saturated rings. The third-order valence-electron chi connectivity index (χ3n) is 4.29. The molecule has 0 saturated carbocycles. The first-order valence-corrected chi connectivity index (χ1v) is 9.25. The van der Waals surface area contributed by atoms with Gasteiger partial charge in [0.2, 0.25) is 0 Å². The van der Waals surface area contributed by atoms with Crippen LogP contribution < -0.4 is 0 Å². The molecule has 2 N–H and O–H groups in total. The van der Waals surface area contributed by atoms with E-state index in [4.69, 9.17) is 15.1 Å². The van der Waals surface area contributed by atoms with Crippen molar-refractivity contribution in [1.29, 1.82) is 0 Å². The number of hydrogen-bond acceptors (Lipinski definition) is 9. The van der Waals surface area contributed by atoms with E-state index in [-0.39, 0.29) is 39.0 Å². The molecule has 0 atom stereocenters. The van der Waals surface area contributed by atoms with Crippen LogP contribution in [0, 0.1) is 0 Å². The zero-order valence-corrected chi connectivity index (χ0v) is 16.7. The van der Waals surface area contributed by atoms with Crippen LogP contribution in [0.5, 0.6) is 0 Å². The summed E-state index contributed by atoms with van der Waals surface area (Å²) in [5.41, 5.74) is 0. The van der Waals surface area contributed by atoms with Crippen LogP contribution in [0.4, 0.5) is 0 Å². The number of hydroxylamine groups is 2. The average Bonchev–Trinajstić information content (AvgIpc) is 2.92. The highest BCUT2D eigenvalue weighted by Crippen LogP contribution is 2.12. The Morgan fingerprint density at radius 3 is 1.86 bits per heavy atom. The lowest BCUT2D eigenvalue weighted by molar-refractivity contribution is -0.198. The SMILES string of the molecule is CCN(CCN(C)CC(=O)ON1C(=O)CCC1=O)CCN(CC(=O)O)CC(=O)O. The van der Waals surface area contributed by atoms with E-state index in [2.05, 4.69) is 0 Å². The molecule has 12 heteroatoms. The summed E-state index contributed by atoms with van der Waals surface area (Å²) in [5, 5.41) is 18.2. The van der Waals surface area contributed by atoms with E-state index in [1.807, 2.05) is 11.8 Å². The molecule has 0 aromatic rings. The van der Waals surface area contributed by atoms with E-state index >= 15 is 0 Å². The molecule has 0 aromatic heterocycles. The van der Waals surface area contributed by atoms with Crippen molar-refractivity contribution in [2.75, 3.05) is 59.4 Å². The van der Waals surface area contributed by atoms with Crippen molar-refractivity contribution in [2.24, 2.45) is 0 Å². The third kappa shape index (κ3) is 9.45. The summed E-state index contributed by atoms with van der Waals surface area (Å²) in [4.78, 5) is 66.3. The molecule has 0 radical (unpaired) electrons. The molecule has 1 saturated heterocycles. The van der Waals surface area contributed by atoms with Crippen molar-refractivity contribution < 1.29 is 39.0 Å². The second-order valence-electron chi connectivity index (χ2n) is 6.72. The Balaban J connectivity index is 2.38. The Hall–Kier alpha value is -2.57. The molecular weight excluding hydrogens is 388 g/mol. The maximum atomic E-state index is 11.9. The minimum absolute atomic E-state index is 0.0359. The minimum atomic E-state index is -1.09. The molecule has 1 aliphatic rings. The molecular formula is C17H28N4O8. The number of likely N-dealkylation sites (N-methyl/N-ethyl adjacent to an activating group) is 2. The number of carboxylic acids is 2. The lowest BCUT2D eigenvalue weighted by atomic mass is 10.3. The van der Waals surface area contributed by atoms with Crippen molar-refractivity contribution in [1.82, 2.24) is 19.8 Å². The monoisotopic (exact) mass is 416 g/mol. The van der Waals surface area contributed by atoms with Crippen molar-refractivity contribution in [3.63, 3.8) is 0 Å². The number of imide groups is 1. The van der Waals surface area contributed by atoms with Gasteiger partial charge in [0.15, 0.2) is 0 Å². The topological polar surface area (TPSA) is 148 Å². The van der Waals surface area contributed by atoms with Gasteiger partial charge in [-0.25, -0.2) is 4.79 Å². The van der Waals surface area contributed by atoms with Gasteiger partial charge in [-0.1, -0.05) is 6.92 Å². The standard InChI is InChI=1S/C17H28N4O8/c1-3-19(8-9-20(10-15(24)25)11-16(26)27)7-6-18(2)12-17(28)29-21-13(22)4-5-14(21)23/h3-12H2,1-2H3,(H,24,25)(H,26,27). The summed E-state index contributed by atoms with van der Waals surface area (Å²) in [6.45, 7) is 3.51. The number of nitrogens with zero attached hydrogens (tertiary/aromatic N) is 4. The van der Waals surface area contributed by atoms with Crippen LogP contribution in [0.15, 0.2) is 0 Å². The highest BCUT2D eigenvalue weighted by Gasteiger charge is 2.32. The van der Waals surface area contributed by atoms with Gasteiger partial charge in [0.1, 0.15) is 0 Å². The minimum Gasteiger partial charge on any atom is -0.480 e. The summed E-state index contributed by atoms with van der Waals surface area (Å²) in [7, 11) is 1.68. The van der Waals surface area contributed by atoms with Gasteiger partial charge in [-0.2, -0.15) is 0 Å². The van der Waals surface area contributed by atoms with Crippen molar-refractivity contribution in [3.8, 4) is 0 Å². The predicted octanol–water partition coefficient (Wildman–Crippen LogP) is -1.68. The molecule has 2 amide bonds. The Morgan fingerprint density at radius 2 is 1.38 bits per heavy atom. The van der Waals surface area contributed by atoms with E-state index in [0.717, 1.165) is 0 Å². The molecule has 0 unspecified atom stereocenters. The fourth-order valence-corrected chi connectivity index (χ4v) is 2.71. The molecule has 1 aliphatic heterocycles. The molecule has 1 rings (SSSR count). The Morgan fingerprint density at radius 1 is 0.897 bits per heavy atom. The smallest absolute Gasteiger partial charge is 0.347 e. The van der Waals surface area contributed by atoms with Gasteiger partial charge in [0, 0.05) is 39.0 Å². The van der Waals surface area contributed by atoms with Crippen LogP contribution in [0.1, 0.15) is 19.8 Å². The van der Waals surface area contributed by atoms with Crippen LogP contribution in [-0.4, -0.2) is 119 Å². The first-order chi connectivity index (χ1) is 13.6. The lowest BCUT2D eigenvalue weighted by Crippen LogP contribution is -2.43. The van der Waals surface area contributed by atoms with Gasteiger partial charge in [-0.3, -0.25) is 29.0 Å². The molecule has 0 aliphatic carbocycles. The summed E-state index contributed by atoms with van der Waals surface area (Å²) in [6, 6.07) is 0. The molecule has 164 valence electrons. The summed E-state index contributed by atoms with van der Waals surface area (Å²) < 4.78 is 0. The van der Waals surface area contributed by atoms with E-state index in [0.29, 0.717) is 31.2 Å². The molecule has 0 bridgehead atoms. The zero-order chi connectivity index (χ0) is 22.0. The summed E-state index contributed by atoms with van der Waals surface area (Å²) in [5.74, 6) is -3.97. The number of rotatable bonds is 14. The molecule has 0 aromatic carbocycles. The van der Waals surface area contributed by atoms with E-state index in [1.165, 1.54) is 4.90 Å². The fraction of sp³-hybridized carbons (Fsp3) is 0.706. The van der Waals surface area contributed by atoms with Gasteiger partial charge in [0.05, 0.1) is 19.6 Å². The van der Waals surface area contributed by atoms with E-state index in [9.17, 15) is 24.0 Å². The second-order valence-corrected chi connectivity index (χ2v) is 6.72. The van der Waals surface area contributed by atoms with Gasteiger partial charge in [-0.05, 0) is 13.6 Å². The predicted molar refractivity (Wildman–Crippen MR) is 98.5 cm³/mol. The van der Waals surface area contributed by atoms with Gasteiger partial charge in [0.25, 0.3) is 11.8 Å². The number of carbonyl (C=O) groups is 5. The maximum absolute atomic E-state index is 11.9. The van der Waals surface area contributed by atoms with Crippen LogP contribution >= 0.6 is 0 Å². The van der Waals surface area contributed by atoms with Gasteiger partial charge >= 0.3 is 17.9 Å². The first kappa shape index (κ1) is 24.5. The highest BCUT2D eigenvalue weighted by molar-refractivity contribution is 6.01. The number of carboxylic acid groups (broad SMARTS) is 2. The second kappa shape index (κ2) is 12.1. The number of aliphatic carboxylic acids is 2. The van der Waals surface area contributed by atoms with Crippen molar-refractivity contribution in [2.45, 2.75) is 19.8 Å². The Labute approximate surface area is 168 Å². The zero-order valence-electron chi connectivity index (χ0n) is 16.7. The van der Waals surface area contributed by atoms with Crippen molar-refractivity contribution in [3.05, 3.63) is 0 Å². The van der Waals surface area contributed by atoms with Gasteiger partial charge < -0.3 is 20.0 Å². The Kier molecular flexibility index (Phi) is 10.2. The quantitative estimate of drug-likeness (QED) is 0.313.